The van der Waals surface area contributed by atoms with Crippen LogP contribution >= 0.6 is 0 Å². The Labute approximate surface area is 276 Å². The van der Waals surface area contributed by atoms with Crippen LogP contribution in [0, 0.1) is 5.92 Å². The molecule has 0 saturated heterocycles. The predicted molar refractivity (Wildman–Crippen MR) is 174 cm³/mol. The number of carbonyl (C=O) groups excluding carboxylic acids is 4. The van der Waals surface area contributed by atoms with Crippen molar-refractivity contribution in [2.24, 2.45) is 5.92 Å². The number of unbranched alkanes of at least 4 members (excludes halogenated alkanes) is 2. The summed E-state index contributed by atoms with van der Waals surface area (Å²) < 4.78 is 11.9. The van der Waals surface area contributed by atoms with E-state index in [1.807, 2.05) is 19.9 Å². The van der Waals surface area contributed by atoms with Crippen molar-refractivity contribution in [2.75, 3.05) is 0 Å². The number of hydrogen-bond acceptors (Lipinski definition) is 8. The van der Waals surface area contributed by atoms with Crippen LogP contribution in [0.1, 0.15) is 109 Å². The van der Waals surface area contributed by atoms with Crippen molar-refractivity contribution in [3.63, 3.8) is 0 Å². The lowest BCUT2D eigenvalue weighted by atomic mass is 9.73. The van der Waals surface area contributed by atoms with Crippen molar-refractivity contribution in [3.05, 3.63) is 47.1 Å². The number of carbonyl (C=O) groups is 6. The summed E-state index contributed by atoms with van der Waals surface area (Å²) in [5, 5.41) is 22.7. The summed E-state index contributed by atoms with van der Waals surface area (Å²) in [5.74, 6) is -5.27. The first-order valence-corrected chi connectivity index (χ1v) is 16.1. The van der Waals surface area contributed by atoms with Crippen LogP contribution in [0.4, 0.5) is 0 Å². The highest BCUT2D eigenvalue weighted by Gasteiger charge is 2.34. The second kappa shape index (κ2) is 18.6. The molecule has 2 unspecified atom stereocenters. The van der Waals surface area contributed by atoms with Gasteiger partial charge in [0.05, 0.1) is 12.8 Å². The fourth-order valence-corrected chi connectivity index (χ4v) is 5.36. The van der Waals surface area contributed by atoms with E-state index in [-0.39, 0.29) is 43.1 Å². The van der Waals surface area contributed by atoms with Gasteiger partial charge in [-0.1, -0.05) is 43.6 Å². The molecule has 12 heteroatoms. The smallest absolute Gasteiger partial charge is 0.333 e. The van der Waals surface area contributed by atoms with Crippen molar-refractivity contribution in [3.8, 4) is 11.5 Å². The predicted octanol–water partition coefficient (Wildman–Crippen LogP) is 4.99. The van der Waals surface area contributed by atoms with Crippen molar-refractivity contribution in [2.45, 2.75) is 117 Å². The summed E-state index contributed by atoms with van der Waals surface area (Å²) >= 11 is 0. The molecule has 0 heterocycles. The minimum atomic E-state index is -1.14. The number of amides is 2. The van der Waals surface area contributed by atoms with Gasteiger partial charge in [0.15, 0.2) is 0 Å². The molecule has 2 rings (SSSR count). The lowest BCUT2D eigenvalue weighted by Crippen LogP contribution is -2.41. The molecule has 12 nitrogen and oxygen atoms in total. The first-order valence-electron chi connectivity index (χ1n) is 16.1. The molecule has 0 aromatic heterocycles. The minimum Gasteiger partial charge on any atom is -0.481 e. The monoisotopic (exact) mass is 656 g/mol. The van der Waals surface area contributed by atoms with Crippen molar-refractivity contribution in [1.82, 2.24) is 10.6 Å². The number of hydrogen-bond donors (Lipinski definition) is 4. The molecule has 0 aliphatic heterocycles. The largest absolute Gasteiger partial charge is 0.481 e. The van der Waals surface area contributed by atoms with E-state index in [1.165, 1.54) is 13.8 Å². The summed E-state index contributed by atoms with van der Waals surface area (Å²) in [6.45, 7) is 13.0. The average Bonchev–Trinajstić information content (AvgIpc) is 2.98. The van der Waals surface area contributed by atoms with E-state index >= 15 is 0 Å². The van der Waals surface area contributed by atoms with Crippen LogP contribution < -0.4 is 20.1 Å². The highest BCUT2D eigenvalue weighted by Crippen LogP contribution is 2.47. The van der Waals surface area contributed by atoms with Gasteiger partial charge in [-0.15, -0.1) is 0 Å². The Balaban J connectivity index is 2.59. The summed E-state index contributed by atoms with van der Waals surface area (Å²) in [4.78, 5) is 73.0. The van der Waals surface area contributed by atoms with Gasteiger partial charge in [-0.25, -0.2) is 9.59 Å². The maximum absolute atomic E-state index is 13.4. The topological polar surface area (TPSA) is 185 Å². The van der Waals surface area contributed by atoms with Gasteiger partial charge >= 0.3 is 23.9 Å². The van der Waals surface area contributed by atoms with Gasteiger partial charge in [-0.2, -0.15) is 0 Å². The number of ether oxygens (including phenoxy) is 2. The Morgan fingerprint density at radius 3 is 1.79 bits per heavy atom. The third kappa shape index (κ3) is 12.7. The zero-order valence-electron chi connectivity index (χ0n) is 28.0. The van der Waals surface area contributed by atoms with Gasteiger partial charge in [0, 0.05) is 24.3 Å². The van der Waals surface area contributed by atoms with E-state index in [0.29, 0.717) is 12.0 Å². The number of aliphatic carboxylic acids is 2. The summed E-state index contributed by atoms with van der Waals surface area (Å²) in [5.41, 5.74) is 3.16. The first kappa shape index (κ1) is 38.7. The zero-order chi connectivity index (χ0) is 35.3. The van der Waals surface area contributed by atoms with Gasteiger partial charge in [-0.3, -0.25) is 19.2 Å². The Morgan fingerprint density at radius 1 is 0.872 bits per heavy atom. The molecular formula is C35H48N2O10. The third-order valence-electron chi connectivity index (χ3n) is 7.96. The molecule has 0 bridgehead atoms. The number of benzene rings is 1. The standard InChI is InChI=1S/C35H48N2O10/c1-7-8-9-10-24-18-27(46-34(44)22(5)36-29(38)13-15-31(40)41)33(26-17-21(4)11-12-25(26)20(2)3)28(19-24)47-35(45)23(6)37-30(39)14-16-32(42)43/h17-19,22-23,25-26H,2,7-16H2,1,3-6H3,(H,36,38)(H,37,39)(H,40,41)(H,42,43)/t22-,23-,25?,26?/m0/s1. The number of rotatable bonds is 18. The second-order valence-corrected chi connectivity index (χ2v) is 12.2. The molecule has 258 valence electrons. The molecule has 0 spiro atoms. The highest BCUT2D eigenvalue weighted by atomic mass is 16.5. The lowest BCUT2D eigenvalue weighted by molar-refractivity contribution is -0.140. The average molecular weight is 657 g/mol. The number of nitrogens with one attached hydrogen (secondary N) is 2. The van der Waals surface area contributed by atoms with Crippen molar-refractivity contribution < 1.29 is 48.5 Å². The van der Waals surface area contributed by atoms with Crippen molar-refractivity contribution in [1.29, 1.82) is 0 Å². The highest BCUT2D eigenvalue weighted by molar-refractivity contribution is 5.88. The number of aryl methyl sites for hydroxylation is 1. The number of esters is 2. The fourth-order valence-electron chi connectivity index (χ4n) is 5.36. The van der Waals surface area contributed by atoms with Crippen LogP contribution in [0.25, 0.3) is 0 Å². The molecule has 1 aromatic carbocycles. The molecule has 1 aromatic rings. The van der Waals surface area contributed by atoms with E-state index < -0.39 is 53.7 Å². The number of allylic oxidation sites excluding steroid dienone is 3. The van der Waals surface area contributed by atoms with E-state index in [1.54, 1.807) is 12.1 Å². The van der Waals surface area contributed by atoms with Crippen LogP contribution in [0.3, 0.4) is 0 Å². The summed E-state index contributed by atoms with van der Waals surface area (Å²) in [7, 11) is 0. The van der Waals surface area contributed by atoms with Crippen LogP contribution in [-0.2, 0) is 35.2 Å². The molecule has 4 N–H and O–H groups in total. The molecule has 4 atom stereocenters. The molecule has 1 aliphatic rings. The van der Waals surface area contributed by atoms with Crippen LogP contribution in [0.2, 0.25) is 0 Å². The number of carboxylic acids is 2. The zero-order valence-corrected chi connectivity index (χ0v) is 28.0. The summed E-state index contributed by atoms with van der Waals surface area (Å²) in [6, 6.07) is 1.26. The molecule has 47 heavy (non-hydrogen) atoms. The normalized spacial score (nSPS) is 17.0. The lowest BCUT2D eigenvalue weighted by Gasteiger charge is -2.33. The Morgan fingerprint density at radius 2 is 1.36 bits per heavy atom. The molecule has 0 fully saturated rings. The van der Waals surface area contributed by atoms with Gasteiger partial charge < -0.3 is 30.3 Å². The molecule has 0 radical (unpaired) electrons. The maximum Gasteiger partial charge on any atom is 0.333 e. The second-order valence-electron chi connectivity index (χ2n) is 12.2. The van der Waals surface area contributed by atoms with Gasteiger partial charge in [0.1, 0.15) is 23.6 Å². The SMILES string of the molecule is C=C(C)C1CCC(C)=CC1c1c(OC(=O)[C@H](C)NC(=O)CCC(=O)O)cc(CCCCC)cc1OC(=O)[C@H](C)NC(=O)CCC(=O)O. The Bertz CT molecular complexity index is 1310. The Kier molecular flexibility index (Phi) is 15.3. The van der Waals surface area contributed by atoms with Gasteiger partial charge in [0.2, 0.25) is 11.8 Å². The number of carboxylic acid groups (broad SMARTS) is 2. The van der Waals surface area contributed by atoms with Crippen molar-refractivity contribution >= 4 is 35.7 Å². The van der Waals surface area contributed by atoms with Crippen LogP contribution in [0.15, 0.2) is 35.9 Å². The maximum atomic E-state index is 13.4. The minimum absolute atomic E-state index is 0.0826. The Hall–Kier alpha value is -4.48. The molecule has 2 amide bonds. The third-order valence-corrected chi connectivity index (χ3v) is 7.96. The first-order chi connectivity index (χ1) is 22.1. The molecule has 1 aliphatic carbocycles. The quantitative estimate of drug-likeness (QED) is 0.0726. The van der Waals surface area contributed by atoms with Crippen LogP contribution in [0.5, 0.6) is 11.5 Å². The molecular weight excluding hydrogens is 608 g/mol. The van der Waals surface area contributed by atoms with Gasteiger partial charge in [-0.05, 0) is 77.0 Å². The summed E-state index contributed by atoms with van der Waals surface area (Å²) in [6.07, 6.45) is 5.55. The molecule has 0 saturated carbocycles. The van der Waals surface area contributed by atoms with E-state index in [9.17, 15) is 28.8 Å². The van der Waals surface area contributed by atoms with E-state index in [2.05, 4.69) is 24.1 Å². The fraction of sp³-hybridized carbons (Fsp3) is 0.543. The van der Waals surface area contributed by atoms with E-state index in [0.717, 1.165) is 48.8 Å². The van der Waals surface area contributed by atoms with E-state index in [4.69, 9.17) is 19.7 Å². The van der Waals surface area contributed by atoms with Crippen LogP contribution in [-0.4, -0.2) is 58.0 Å². The van der Waals surface area contributed by atoms with Gasteiger partial charge in [0.25, 0.3) is 0 Å².